The Hall–Kier alpha value is -2.14. The molecule has 0 aromatic heterocycles. The summed E-state index contributed by atoms with van der Waals surface area (Å²) in [5.41, 5.74) is 1.90. The third-order valence-electron chi connectivity index (χ3n) is 6.27. The predicted molar refractivity (Wildman–Crippen MR) is 101 cm³/mol. The minimum atomic E-state index is -0.347. The van der Waals surface area contributed by atoms with Gasteiger partial charge in [0, 0.05) is 30.7 Å². The van der Waals surface area contributed by atoms with Gasteiger partial charge in [-0.25, -0.2) is 0 Å². The largest absolute Gasteiger partial charge is 0.465 e. The summed E-state index contributed by atoms with van der Waals surface area (Å²) in [5, 5.41) is 0. The molecule has 0 saturated carbocycles. The molecule has 5 nitrogen and oxygen atoms in total. The molecule has 1 heterocycles. The van der Waals surface area contributed by atoms with Gasteiger partial charge in [-0.15, -0.1) is 0 Å². The van der Waals surface area contributed by atoms with E-state index < -0.39 is 0 Å². The lowest BCUT2D eigenvalue weighted by molar-refractivity contribution is -0.180. The molecule has 1 aliphatic carbocycles. The van der Waals surface area contributed by atoms with Crippen LogP contribution in [0.5, 0.6) is 5.75 Å². The zero-order valence-electron chi connectivity index (χ0n) is 16.7. The van der Waals surface area contributed by atoms with Crippen molar-refractivity contribution in [3.8, 4) is 5.75 Å². The highest BCUT2D eigenvalue weighted by molar-refractivity contribution is 5.70. The van der Waals surface area contributed by atoms with Gasteiger partial charge in [0.1, 0.15) is 5.75 Å². The summed E-state index contributed by atoms with van der Waals surface area (Å²) in [6.45, 7) is 10.2. The number of carbonyl (C=O) groups is 2. The Morgan fingerprint density at radius 1 is 1.19 bits per heavy atom. The fourth-order valence-electron chi connectivity index (χ4n) is 4.74. The van der Waals surface area contributed by atoms with E-state index in [0.29, 0.717) is 19.0 Å². The molecule has 1 saturated heterocycles. The number of esters is 2. The van der Waals surface area contributed by atoms with Crippen molar-refractivity contribution in [1.82, 2.24) is 0 Å². The van der Waals surface area contributed by atoms with Crippen molar-refractivity contribution >= 4 is 11.9 Å². The third-order valence-corrected chi connectivity index (χ3v) is 6.27. The normalized spacial score (nSPS) is 32.4. The SMILES string of the molecule is CC(=O)OC[C@@]12CO[C@@H](c3ccccc3OC(C)=O)[C@H](C(C)=C[C@H]1C)[C@@H]2C. The van der Waals surface area contributed by atoms with E-state index in [1.165, 1.54) is 19.4 Å². The van der Waals surface area contributed by atoms with Crippen LogP contribution in [0, 0.1) is 23.2 Å². The number of hydrogen-bond donors (Lipinski definition) is 0. The van der Waals surface area contributed by atoms with Gasteiger partial charge in [0.15, 0.2) is 0 Å². The average molecular weight is 372 g/mol. The van der Waals surface area contributed by atoms with Crippen molar-refractivity contribution in [1.29, 1.82) is 0 Å². The van der Waals surface area contributed by atoms with Gasteiger partial charge in [-0.3, -0.25) is 9.59 Å². The standard InChI is InChI=1S/C22H28O5/c1-13-10-14(2)22(11-25-16(4)23)12-26-21(20(13)15(22)3)18-8-6-7-9-19(18)27-17(5)24/h6-10,14-15,20-21H,11-12H2,1-5H3/t14-,15+,20-,21+,22-/m1/s1. The molecule has 2 bridgehead atoms. The number of carbonyl (C=O) groups excluding carboxylic acids is 2. The van der Waals surface area contributed by atoms with E-state index in [9.17, 15) is 9.59 Å². The molecule has 27 heavy (non-hydrogen) atoms. The summed E-state index contributed by atoms with van der Waals surface area (Å²) in [6.07, 6.45) is 2.07. The summed E-state index contributed by atoms with van der Waals surface area (Å²) in [6, 6.07) is 7.54. The van der Waals surface area contributed by atoms with Gasteiger partial charge >= 0.3 is 11.9 Å². The van der Waals surface area contributed by atoms with E-state index in [1.807, 2.05) is 18.2 Å². The van der Waals surface area contributed by atoms with Gasteiger partial charge in [0.2, 0.25) is 0 Å². The van der Waals surface area contributed by atoms with Crippen molar-refractivity contribution in [2.45, 2.75) is 40.7 Å². The van der Waals surface area contributed by atoms with Gasteiger partial charge in [0.05, 0.1) is 19.3 Å². The highest BCUT2D eigenvalue weighted by Gasteiger charge is 2.54. The number of benzene rings is 1. The second-order valence-corrected chi connectivity index (χ2v) is 7.89. The first kappa shape index (κ1) is 19.6. The Morgan fingerprint density at radius 2 is 1.89 bits per heavy atom. The van der Waals surface area contributed by atoms with Gasteiger partial charge in [-0.2, -0.15) is 0 Å². The van der Waals surface area contributed by atoms with E-state index in [2.05, 4.69) is 26.8 Å². The molecule has 0 amide bonds. The molecule has 3 rings (SSSR count). The number of rotatable bonds is 4. The zero-order chi connectivity index (χ0) is 19.8. The lowest BCUT2D eigenvalue weighted by atomic mass is 9.56. The molecule has 0 radical (unpaired) electrons. The summed E-state index contributed by atoms with van der Waals surface area (Å²) >= 11 is 0. The monoisotopic (exact) mass is 372 g/mol. The van der Waals surface area contributed by atoms with Gasteiger partial charge < -0.3 is 14.2 Å². The van der Waals surface area contributed by atoms with E-state index in [1.54, 1.807) is 6.07 Å². The number of para-hydroxylation sites is 1. The molecule has 2 aliphatic rings. The molecular weight excluding hydrogens is 344 g/mol. The maximum Gasteiger partial charge on any atom is 0.308 e. The molecule has 146 valence electrons. The van der Waals surface area contributed by atoms with Crippen LogP contribution in [-0.2, 0) is 19.1 Å². The van der Waals surface area contributed by atoms with Crippen LogP contribution in [-0.4, -0.2) is 25.2 Å². The first-order chi connectivity index (χ1) is 12.8. The van der Waals surface area contributed by atoms with Crippen LogP contribution in [0.1, 0.15) is 46.3 Å². The van der Waals surface area contributed by atoms with Crippen LogP contribution >= 0.6 is 0 Å². The Bertz CT molecular complexity index is 768. The van der Waals surface area contributed by atoms with Crippen LogP contribution in [0.25, 0.3) is 0 Å². The van der Waals surface area contributed by atoms with Crippen LogP contribution in [0.4, 0.5) is 0 Å². The quantitative estimate of drug-likeness (QED) is 0.453. The van der Waals surface area contributed by atoms with Gasteiger partial charge in [-0.1, -0.05) is 43.7 Å². The van der Waals surface area contributed by atoms with E-state index in [0.717, 1.165) is 5.56 Å². The minimum Gasteiger partial charge on any atom is -0.465 e. The topological polar surface area (TPSA) is 61.8 Å². The minimum absolute atomic E-state index is 0.127. The number of allylic oxidation sites excluding steroid dienone is 1. The Morgan fingerprint density at radius 3 is 2.56 bits per heavy atom. The van der Waals surface area contributed by atoms with E-state index >= 15 is 0 Å². The fraction of sp³-hybridized carbons (Fsp3) is 0.545. The highest BCUT2D eigenvalue weighted by atomic mass is 16.5. The second-order valence-electron chi connectivity index (χ2n) is 7.89. The molecule has 5 heteroatoms. The molecule has 5 atom stereocenters. The number of fused-ring (bicyclic) bond motifs is 2. The van der Waals surface area contributed by atoms with Crippen molar-refractivity contribution < 1.29 is 23.8 Å². The van der Waals surface area contributed by atoms with Crippen molar-refractivity contribution in [2.75, 3.05) is 13.2 Å². The van der Waals surface area contributed by atoms with Crippen LogP contribution in [0.2, 0.25) is 0 Å². The smallest absolute Gasteiger partial charge is 0.308 e. The summed E-state index contributed by atoms with van der Waals surface area (Å²) < 4.78 is 17.2. The second kappa shape index (κ2) is 7.47. The number of ether oxygens (including phenoxy) is 3. The van der Waals surface area contributed by atoms with Crippen LogP contribution in [0.15, 0.2) is 35.9 Å². The van der Waals surface area contributed by atoms with Gasteiger partial charge in [-0.05, 0) is 24.8 Å². The first-order valence-electron chi connectivity index (χ1n) is 9.47. The van der Waals surface area contributed by atoms with E-state index in [-0.39, 0.29) is 41.2 Å². The maximum atomic E-state index is 11.5. The maximum absolute atomic E-state index is 11.5. The predicted octanol–water partition coefficient (Wildman–Crippen LogP) is 4.08. The number of hydrogen-bond acceptors (Lipinski definition) is 5. The van der Waals surface area contributed by atoms with Crippen molar-refractivity contribution in [3.05, 3.63) is 41.5 Å². The highest BCUT2D eigenvalue weighted by Crippen LogP contribution is 2.57. The Balaban J connectivity index is 1.98. The molecule has 0 unspecified atom stereocenters. The lowest BCUT2D eigenvalue weighted by Crippen LogP contribution is -2.54. The van der Waals surface area contributed by atoms with Crippen LogP contribution < -0.4 is 4.74 Å². The first-order valence-corrected chi connectivity index (χ1v) is 9.47. The molecule has 0 spiro atoms. The Kier molecular flexibility index (Phi) is 5.43. The zero-order valence-corrected chi connectivity index (χ0v) is 16.7. The summed E-state index contributed by atoms with van der Waals surface area (Å²) in [5.74, 6) is 0.547. The summed E-state index contributed by atoms with van der Waals surface area (Å²) in [7, 11) is 0. The van der Waals surface area contributed by atoms with E-state index in [4.69, 9.17) is 14.2 Å². The third kappa shape index (κ3) is 3.53. The summed E-state index contributed by atoms with van der Waals surface area (Å²) in [4.78, 5) is 22.9. The van der Waals surface area contributed by atoms with Crippen molar-refractivity contribution in [3.63, 3.8) is 0 Å². The molecular formula is C22H28O5. The Labute approximate surface area is 160 Å². The lowest BCUT2D eigenvalue weighted by Gasteiger charge is -2.55. The molecule has 1 fully saturated rings. The molecule has 1 aromatic carbocycles. The molecule has 1 aliphatic heterocycles. The van der Waals surface area contributed by atoms with Crippen LogP contribution in [0.3, 0.4) is 0 Å². The van der Waals surface area contributed by atoms with Crippen molar-refractivity contribution in [2.24, 2.45) is 23.2 Å². The molecule has 1 aromatic rings. The average Bonchev–Trinajstić information content (AvgIpc) is 2.59. The van der Waals surface area contributed by atoms with Gasteiger partial charge in [0.25, 0.3) is 0 Å². The fourth-order valence-corrected chi connectivity index (χ4v) is 4.74. The molecule has 0 N–H and O–H groups in total.